The van der Waals surface area contributed by atoms with E-state index in [4.69, 9.17) is 10.8 Å². The largest absolute Gasteiger partial charge is 0.481 e. The van der Waals surface area contributed by atoms with Crippen molar-refractivity contribution < 1.29 is 9.90 Å². The highest BCUT2D eigenvalue weighted by atomic mass is 16.4. The van der Waals surface area contributed by atoms with Crippen molar-refractivity contribution >= 4 is 5.97 Å². The van der Waals surface area contributed by atoms with Crippen molar-refractivity contribution in [3.05, 3.63) is 0 Å². The maximum atomic E-state index is 10.5. The van der Waals surface area contributed by atoms with Crippen molar-refractivity contribution in [2.24, 2.45) is 23.5 Å². The zero-order valence-corrected chi connectivity index (χ0v) is 7.07. The fourth-order valence-corrected chi connectivity index (χ4v) is 3.05. The van der Waals surface area contributed by atoms with E-state index in [2.05, 4.69) is 0 Å². The highest BCUT2D eigenvalue weighted by Crippen LogP contribution is 2.49. The van der Waals surface area contributed by atoms with Crippen molar-refractivity contribution in [3.8, 4) is 0 Å². The predicted octanol–water partition coefficient (Wildman–Crippen LogP) is 0.834. The lowest BCUT2D eigenvalue weighted by atomic mass is 9.93. The Morgan fingerprint density at radius 1 is 1.50 bits per heavy atom. The van der Waals surface area contributed by atoms with Gasteiger partial charge in [-0.1, -0.05) is 0 Å². The fourth-order valence-electron chi connectivity index (χ4n) is 3.05. The summed E-state index contributed by atoms with van der Waals surface area (Å²) < 4.78 is 0. The minimum Gasteiger partial charge on any atom is -0.481 e. The summed E-state index contributed by atoms with van der Waals surface area (Å²) in [5, 5.41) is 8.68. The Morgan fingerprint density at radius 2 is 2.25 bits per heavy atom. The second-order valence-electron chi connectivity index (χ2n) is 4.16. The predicted molar refractivity (Wildman–Crippen MR) is 44.5 cm³/mol. The van der Waals surface area contributed by atoms with Crippen LogP contribution in [0.25, 0.3) is 0 Å². The van der Waals surface area contributed by atoms with Gasteiger partial charge in [-0.05, 0) is 37.0 Å². The molecule has 2 fully saturated rings. The van der Waals surface area contributed by atoms with E-state index >= 15 is 0 Å². The summed E-state index contributed by atoms with van der Waals surface area (Å²) in [5.74, 6) is 0.843. The minimum atomic E-state index is -0.661. The third kappa shape index (κ3) is 1.12. The van der Waals surface area contributed by atoms with Gasteiger partial charge in [-0.25, -0.2) is 0 Å². The number of carbonyl (C=O) groups is 1. The van der Waals surface area contributed by atoms with E-state index in [1.165, 1.54) is 6.42 Å². The number of hydrogen-bond donors (Lipinski definition) is 2. The van der Waals surface area contributed by atoms with Gasteiger partial charge in [0.1, 0.15) is 0 Å². The van der Waals surface area contributed by atoms with Gasteiger partial charge in [0.15, 0.2) is 0 Å². The van der Waals surface area contributed by atoms with Crippen molar-refractivity contribution in [1.29, 1.82) is 0 Å². The Morgan fingerprint density at radius 3 is 2.67 bits per heavy atom. The quantitative estimate of drug-likeness (QED) is 0.643. The molecule has 0 aromatic carbocycles. The Bertz CT molecular complexity index is 205. The number of rotatable bonds is 2. The molecule has 0 aliphatic heterocycles. The summed E-state index contributed by atoms with van der Waals surface area (Å²) in [6, 6.07) is 0.285. The molecule has 3 heteroatoms. The van der Waals surface area contributed by atoms with Crippen LogP contribution < -0.4 is 5.73 Å². The summed E-state index contributed by atoms with van der Waals surface area (Å²) >= 11 is 0. The highest BCUT2D eigenvalue weighted by molar-refractivity contribution is 5.67. The zero-order chi connectivity index (χ0) is 8.72. The van der Waals surface area contributed by atoms with Crippen molar-refractivity contribution in [1.82, 2.24) is 0 Å². The van der Waals surface area contributed by atoms with Gasteiger partial charge in [0, 0.05) is 12.5 Å². The van der Waals surface area contributed by atoms with Gasteiger partial charge in [0.2, 0.25) is 0 Å². The van der Waals surface area contributed by atoms with Crippen LogP contribution in [0.15, 0.2) is 0 Å². The van der Waals surface area contributed by atoms with Crippen molar-refractivity contribution in [2.45, 2.75) is 31.7 Å². The normalized spacial score (nSPS) is 45.1. The smallest absolute Gasteiger partial charge is 0.303 e. The summed E-state index contributed by atoms with van der Waals surface area (Å²) in [7, 11) is 0. The monoisotopic (exact) mass is 169 g/mol. The molecular weight excluding hydrogens is 154 g/mol. The van der Waals surface area contributed by atoms with Crippen LogP contribution in [0, 0.1) is 17.8 Å². The van der Waals surface area contributed by atoms with E-state index in [9.17, 15) is 4.79 Å². The standard InChI is InChI=1S/C9H15NO2/c10-8-3-5-1-2-6(8)7(5)4-9(11)12/h5-8H,1-4,10H2,(H,11,12)/t5-,6+,7+,8+/m1/s1. The molecule has 0 aromatic rings. The second kappa shape index (κ2) is 2.73. The lowest BCUT2D eigenvalue weighted by Gasteiger charge is -2.16. The van der Waals surface area contributed by atoms with E-state index < -0.39 is 5.97 Å². The first kappa shape index (κ1) is 8.05. The zero-order valence-electron chi connectivity index (χ0n) is 7.07. The Labute approximate surface area is 71.9 Å². The first-order valence-corrected chi connectivity index (χ1v) is 4.66. The molecule has 0 amide bonds. The number of hydrogen-bond acceptors (Lipinski definition) is 2. The summed E-state index contributed by atoms with van der Waals surface area (Å²) in [5.41, 5.74) is 5.89. The van der Waals surface area contributed by atoms with Crippen LogP contribution in [0.4, 0.5) is 0 Å². The third-order valence-corrected chi connectivity index (χ3v) is 3.56. The van der Waals surface area contributed by atoms with Gasteiger partial charge in [-0.15, -0.1) is 0 Å². The summed E-state index contributed by atoms with van der Waals surface area (Å²) in [6.07, 6.45) is 3.76. The molecule has 3 nitrogen and oxygen atoms in total. The van der Waals surface area contributed by atoms with Gasteiger partial charge >= 0.3 is 5.97 Å². The molecule has 4 atom stereocenters. The summed E-state index contributed by atoms with van der Waals surface area (Å²) in [6.45, 7) is 0. The Hall–Kier alpha value is -0.570. The van der Waals surface area contributed by atoms with Crippen LogP contribution >= 0.6 is 0 Å². The lowest BCUT2D eigenvalue weighted by molar-refractivity contribution is -0.138. The van der Waals surface area contributed by atoms with E-state index in [1.807, 2.05) is 0 Å². The summed E-state index contributed by atoms with van der Waals surface area (Å²) in [4.78, 5) is 10.5. The maximum absolute atomic E-state index is 10.5. The van der Waals surface area contributed by atoms with Crippen molar-refractivity contribution in [3.63, 3.8) is 0 Å². The molecule has 0 aromatic heterocycles. The van der Waals surface area contributed by atoms with Crippen LogP contribution in [0.5, 0.6) is 0 Å². The first-order valence-electron chi connectivity index (χ1n) is 4.66. The Balaban J connectivity index is 2.03. The molecule has 0 spiro atoms. The average Bonchev–Trinajstić information content (AvgIpc) is 2.44. The Kier molecular flexibility index (Phi) is 1.83. The second-order valence-corrected chi connectivity index (χ2v) is 4.16. The molecule has 12 heavy (non-hydrogen) atoms. The van der Waals surface area contributed by atoms with Crippen LogP contribution in [-0.2, 0) is 4.79 Å². The van der Waals surface area contributed by atoms with Crippen LogP contribution in [0.3, 0.4) is 0 Å². The molecule has 2 bridgehead atoms. The molecular formula is C9H15NO2. The fraction of sp³-hybridized carbons (Fsp3) is 0.889. The molecule has 0 radical (unpaired) electrons. The van der Waals surface area contributed by atoms with E-state index in [0.29, 0.717) is 24.2 Å². The van der Waals surface area contributed by atoms with Gasteiger partial charge in [-0.2, -0.15) is 0 Å². The highest BCUT2D eigenvalue weighted by Gasteiger charge is 2.46. The topological polar surface area (TPSA) is 63.3 Å². The van der Waals surface area contributed by atoms with Gasteiger partial charge in [0.05, 0.1) is 0 Å². The number of aliphatic carboxylic acids is 1. The van der Waals surface area contributed by atoms with Crippen molar-refractivity contribution in [2.75, 3.05) is 0 Å². The lowest BCUT2D eigenvalue weighted by Crippen LogP contribution is -2.27. The molecule has 2 saturated carbocycles. The maximum Gasteiger partial charge on any atom is 0.303 e. The van der Waals surface area contributed by atoms with Crippen LogP contribution in [0.1, 0.15) is 25.7 Å². The molecule has 0 unspecified atom stereocenters. The molecule has 3 N–H and O–H groups in total. The molecule has 0 saturated heterocycles. The first-order chi connectivity index (χ1) is 5.68. The number of carboxylic acid groups (broad SMARTS) is 1. The SMILES string of the molecule is N[C@H]1C[C@H]2CC[C@H]1[C@H]2CC(=O)O. The molecule has 2 rings (SSSR count). The van der Waals surface area contributed by atoms with Crippen LogP contribution in [0.2, 0.25) is 0 Å². The minimum absolute atomic E-state index is 0.285. The van der Waals surface area contributed by atoms with E-state index in [-0.39, 0.29) is 6.04 Å². The number of carboxylic acids is 1. The van der Waals surface area contributed by atoms with Gasteiger partial charge in [0.25, 0.3) is 0 Å². The molecule has 0 heterocycles. The van der Waals surface area contributed by atoms with Crippen LogP contribution in [-0.4, -0.2) is 17.1 Å². The number of fused-ring (bicyclic) bond motifs is 2. The number of nitrogens with two attached hydrogens (primary N) is 1. The molecule has 2 aliphatic carbocycles. The molecule has 68 valence electrons. The van der Waals surface area contributed by atoms with Gasteiger partial charge in [-0.3, -0.25) is 4.79 Å². The third-order valence-electron chi connectivity index (χ3n) is 3.56. The van der Waals surface area contributed by atoms with E-state index in [0.717, 1.165) is 12.8 Å². The molecule has 2 aliphatic rings. The van der Waals surface area contributed by atoms with Gasteiger partial charge < -0.3 is 10.8 Å². The van der Waals surface area contributed by atoms with E-state index in [1.54, 1.807) is 0 Å². The average molecular weight is 169 g/mol.